The average Bonchev–Trinajstić information content (AvgIpc) is 2.93. The molecule has 0 aliphatic carbocycles. The third kappa shape index (κ3) is 5.52. The molecule has 0 radical (unpaired) electrons. The molecule has 0 spiro atoms. The Hall–Kier alpha value is -4.55. The number of aromatic nitrogens is 3. The molecule has 4 aromatic rings. The van der Waals surface area contributed by atoms with Crippen molar-refractivity contribution in [2.24, 2.45) is 0 Å². The summed E-state index contributed by atoms with van der Waals surface area (Å²) in [5.41, 5.74) is 5.45. The zero-order valence-electron chi connectivity index (χ0n) is 22.3. The summed E-state index contributed by atoms with van der Waals surface area (Å²) < 4.78 is 0. The molecule has 9 nitrogen and oxygen atoms in total. The van der Waals surface area contributed by atoms with Crippen LogP contribution < -0.4 is 10.2 Å². The Kier molecular flexibility index (Phi) is 7.39. The van der Waals surface area contributed by atoms with E-state index in [4.69, 9.17) is 9.97 Å². The molecule has 2 aromatic heterocycles. The standard InChI is InChI=1S/C30H31N7O2/c1-19-13-24(21(3)33-25-9-5-4-8-23(25)30(38)39)28-26(14-19)34-27(15-31)29(35-28)37-12-11-36(17-20(37)2)18-22-7-6-10-32-16-22/h4-10,13-14,16,20-21,33H,11-12,17-18H2,1-3H3,(H,38,39)/t20?,21-/m1/s1. The molecule has 2 atom stereocenters. The zero-order chi connectivity index (χ0) is 27.5. The van der Waals surface area contributed by atoms with Gasteiger partial charge in [-0.15, -0.1) is 0 Å². The minimum Gasteiger partial charge on any atom is -0.478 e. The fourth-order valence-electron chi connectivity index (χ4n) is 5.28. The number of anilines is 2. The van der Waals surface area contributed by atoms with Crippen LogP contribution in [0.4, 0.5) is 11.5 Å². The number of hydrogen-bond donors (Lipinski definition) is 2. The molecule has 2 aromatic carbocycles. The molecule has 9 heteroatoms. The number of nitriles is 1. The number of nitrogens with zero attached hydrogens (tertiary/aromatic N) is 6. The van der Waals surface area contributed by atoms with Gasteiger partial charge in [0.05, 0.1) is 22.6 Å². The van der Waals surface area contributed by atoms with Crippen LogP contribution in [0.1, 0.15) is 52.6 Å². The second kappa shape index (κ2) is 11.1. The van der Waals surface area contributed by atoms with Crippen molar-refractivity contribution in [3.8, 4) is 6.07 Å². The second-order valence-electron chi connectivity index (χ2n) is 10.1. The van der Waals surface area contributed by atoms with Crippen molar-refractivity contribution in [1.29, 1.82) is 5.26 Å². The first-order valence-corrected chi connectivity index (χ1v) is 13.0. The molecular weight excluding hydrogens is 490 g/mol. The predicted molar refractivity (Wildman–Crippen MR) is 151 cm³/mol. The molecule has 1 aliphatic heterocycles. The van der Waals surface area contributed by atoms with Crippen molar-refractivity contribution < 1.29 is 9.90 Å². The lowest BCUT2D eigenvalue weighted by molar-refractivity contribution is 0.0698. The molecule has 1 fully saturated rings. The molecule has 1 aliphatic rings. The summed E-state index contributed by atoms with van der Waals surface area (Å²) in [5, 5.41) is 23.0. The van der Waals surface area contributed by atoms with E-state index in [9.17, 15) is 15.2 Å². The summed E-state index contributed by atoms with van der Waals surface area (Å²) in [6.07, 6.45) is 3.68. The van der Waals surface area contributed by atoms with E-state index in [1.165, 1.54) is 5.56 Å². The smallest absolute Gasteiger partial charge is 0.337 e. The summed E-state index contributed by atoms with van der Waals surface area (Å²) in [5.74, 6) is -0.404. The first-order chi connectivity index (χ1) is 18.8. The van der Waals surface area contributed by atoms with E-state index in [2.05, 4.69) is 39.2 Å². The monoisotopic (exact) mass is 521 g/mol. The summed E-state index contributed by atoms with van der Waals surface area (Å²) in [6, 6.07) is 17.0. The van der Waals surface area contributed by atoms with Crippen LogP contribution in [0.3, 0.4) is 0 Å². The number of para-hydroxylation sites is 1. The van der Waals surface area contributed by atoms with Gasteiger partial charge in [-0.25, -0.2) is 14.8 Å². The van der Waals surface area contributed by atoms with Gasteiger partial charge >= 0.3 is 5.97 Å². The highest BCUT2D eigenvalue weighted by Crippen LogP contribution is 2.31. The molecule has 1 unspecified atom stereocenters. The van der Waals surface area contributed by atoms with Gasteiger partial charge in [0.2, 0.25) is 0 Å². The molecule has 3 heterocycles. The van der Waals surface area contributed by atoms with Gasteiger partial charge in [-0.05, 0) is 56.2 Å². The van der Waals surface area contributed by atoms with Gasteiger partial charge in [-0.3, -0.25) is 9.88 Å². The van der Waals surface area contributed by atoms with E-state index in [0.717, 1.165) is 37.3 Å². The molecule has 0 saturated carbocycles. The van der Waals surface area contributed by atoms with E-state index in [-0.39, 0.29) is 17.6 Å². The predicted octanol–water partition coefficient (Wildman–Crippen LogP) is 4.79. The highest BCUT2D eigenvalue weighted by molar-refractivity contribution is 5.94. The Morgan fingerprint density at radius 2 is 2.03 bits per heavy atom. The van der Waals surface area contributed by atoms with Crippen molar-refractivity contribution >= 4 is 28.5 Å². The maximum atomic E-state index is 11.7. The normalized spacial score (nSPS) is 16.6. The van der Waals surface area contributed by atoms with E-state index in [1.807, 2.05) is 44.3 Å². The van der Waals surface area contributed by atoms with Crippen LogP contribution >= 0.6 is 0 Å². The van der Waals surface area contributed by atoms with Gasteiger partial charge in [0.25, 0.3) is 0 Å². The molecule has 0 amide bonds. The Morgan fingerprint density at radius 3 is 2.74 bits per heavy atom. The molecule has 0 bridgehead atoms. The number of carboxylic acid groups (broad SMARTS) is 1. The van der Waals surface area contributed by atoms with E-state index < -0.39 is 5.97 Å². The van der Waals surface area contributed by atoms with E-state index in [0.29, 0.717) is 28.2 Å². The highest BCUT2D eigenvalue weighted by atomic mass is 16.4. The minimum absolute atomic E-state index is 0.126. The van der Waals surface area contributed by atoms with Crippen LogP contribution in [0.25, 0.3) is 11.0 Å². The number of hydrogen-bond acceptors (Lipinski definition) is 8. The number of benzene rings is 2. The fraction of sp³-hybridized carbons (Fsp3) is 0.300. The highest BCUT2D eigenvalue weighted by Gasteiger charge is 2.28. The van der Waals surface area contributed by atoms with Crippen molar-refractivity contribution in [3.63, 3.8) is 0 Å². The number of piperazine rings is 1. The van der Waals surface area contributed by atoms with Gasteiger partial charge in [0.15, 0.2) is 11.5 Å². The maximum Gasteiger partial charge on any atom is 0.337 e. The number of aromatic carboxylic acids is 1. The number of carboxylic acids is 1. The topological polar surface area (TPSA) is 118 Å². The largest absolute Gasteiger partial charge is 0.478 e. The van der Waals surface area contributed by atoms with Crippen LogP contribution in [0.5, 0.6) is 0 Å². The molecule has 39 heavy (non-hydrogen) atoms. The number of carbonyl (C=O) groups is 1. The third-order valence-corrected chi connectivity index (χ3v) is 7.14. The lowest BCUT2D eigenvalue weighted by atomic mass is 10.0. The van der Waals surface area contributed by atoms with Gasteiger partial charge in [-0.2, -0.15) is 5.26 Å². The Bertz CT molecular complexity index is 1550. The number of fused-ring (bicyclic) bond motifs is 1. The van der Waals surface area contributed by atoms with Crippen molar-refractivity contribution in [3.05, 3.63) is 88.9 Å². The van der Waals surface area contributed by atoms with Crippen molar-refractivity contribution in [2.75, 3.05) is 29.9 Å². The Balaban J connectivity index is 1.47. The van der Waals surface area contributed by atoms with Gasteiger partial charge < -0.3 is 15.3 Å². The molecule has 1 saturated heterocycles. The van der Waals surface area contributed by atoms with Crippen LogP contribution in [-0.2, 0) is 6.54 Å². The first kappa shape index (κ1) is 26.1. The number of rotatable bonds is 7. The molecule has 198 valence electrons. The Morgan fingerprint density at radius 1 is 1.21 bits per heavy atom. The van der Waals surface area contributed by atoms with Crippen LogP contribution in [0.15, 0.2) is 60.9 Å². The summed E-state index contributed by atoms with van der Waals surface area (Å²) in [4.78, 5) is 30.3. The lowest BCUT2D eigenvalue weighted by Crippen LogP contribution is -2.52. The quantitative estimate of drug-likeness (QED) is 0.354. The van der Waals surface area contributed by atoms with Gasteiger partial charge in [-0.1, -0.05) is 24.3 Å². The average molecular weight is 522 g/mol. The van der Waals surface area contributed by atoms with Crippen molar-refractivity contribution in [2.45, 2.75) is 39.4 Å². The zero-order valence-corrected chi connectivity index (χ0v) is 22.3. The third-order valence-electron chi connectivity index (χ3n) is 7.14. The Labute approximate surface area is 227 Å². The number of aryl methyl sites for hydroxylation is 1. The van der Waals surface area contributed by atoms with E-state index in [1.54, 1.807) is 24.4 Å². The summed E-state index contributed by atoms with van der Waals surface area (Å²) >= 11 is 0. The van der Waals surface area contributed by atoms with Crippen LogP contribution in [-0.4, -0.2) is 56.6 Å². The molecular formula is C30H31N7O2. The molecule has 5 rings (SSSR count). The number of pyridine rings is 1. The summed E-state index contributed by atoms with van der Waals surface area (Å²) in [6.45, 7) is 9.30. The summed E-state index contributed by atoms with van der Waals surface area (Å²) in [7, 11) is 0. The maximum absolute atomic E-state index is 11.7. The number of nitrogens with one attached hydrogen (secondary N) is 1. The molecule has 2 N–H and O–H groups in total. The van der Waals surface area contributed by atoms with Gasteiger partial charge in [0, 0.05) is 55.9 Å². The van der Waals surface area contributed by atoms with Gasteiger partial charge in [0.1, 0.15) is 6.07 Å². The van der Waals surface area contributed by atoms with Crippen LogP contribution in [0, 0.1) is 18.3 Å². The van der Waals surface area contributed by atoms with Crippen LogP contribution in [0.2, 0.25) is 0 Å². The minimum atomic E-state index is -0.989. The van der Waals surface area contributed by atoms with Crippen molar-refractivity contribution in [1.82, 2.24) is 19.9 Å². The SMILES string of the molecule is Cc1cc([C@@H](C)Nc2ccccc2C(=O)O)c2nc(N3CCN(Cc4cccnc4)CC3C)c(C#N)nc2c1. The first-order valence-electron chi connectivity index (χ1n) is 13.0. The van der Waals surface area contributed by atoms with E-state index >= 15 is 0 Å². The fourth-order valence-corrected chi connectivity index (χ4v) is 5.28. The lowest BCUT2D eigenvalue weighted by Gasteiger charge is -2.40. The second-order valence-corrected chi connectivity index (χ2v) is 10.1.